The largest absolute Gasteiger partial charge is 0.388 e. The topological polar surface area (TPSA) is 49.5 Å². The molecule has 7 heteroatoms. The lowest BCUT2D eigenvalue weighted by Gasteiger charge is -2.28. The van der Waals surface area contributed by atoms with Gasteiger partial charge in [0.2, 0.25) is 0 Å². The highest BCUT2D eigenvalue weighted by Gasteiger charge is 2.28. The smallest absolute Gasteiger partial charge is 0.143 e. The third kappa shape index (κ3) is 11.4. The van der Waals surface area contributed by atoms with E-state index in [0.29, 0.717) is 12.4 Å². The molecule has 0 N–H and O–H groups in total. The fraction of sp³-hybridized carbons (Fsp3) is 0.500. The predicted molar refractivity (Wildman–Crippen MR) is 147 cm³/mol. The van der Waals surface area contributed by atoms with Crippen molar-refractivity contribution in [2.45, 2.75) is 86.5 Å². The van der Waals surface area contributed by atoms with Gasteiger partial charge < -0.3 is 9.74 Å². The molecule has 184 valence electrons. The van der Waals surface area contributed by atoms with E-state index in [4.69, 9.17) is 4.84 Å². The highest BCUT2D eigenvalue weighted by atomic mass is 31.0. The molecular weight excluding hydrogens is 434 g/mol. The fourth-order valence-corrected chi connectivity index (χ4v) is 3.22. The Morgan fingerprint density at radius 1 is 1.30 bits per heavy atom. The maximum absolute atomic E-state index is 12.2. The Morgan fingerprint density at radius 2 is 1.94 bits per heavy atom. The van der Waals surface area contributed by atoms with Crippen LogP contribution in [0.15, 0.2) is 74.5 Å². The van der Waals surface area contributed by atoms with Crippen LogP contribution < -0.4 is 0 Å². The minimum Gasteiger partial charge on any atom is -0.388 e. The number of aliphatic imine (C=N–C) groups is 2. The zero-order valence-electron chi connectivity index (χ0n) is 21.7. The summed E-state index contributed by atoms with van der Waals surface area (Å²) in [5, 5.41) is 5.14. The predicted octanol–water partition coefficient (Wildman–Crippen LogP) is 7.02. The van der Waals surface area contributed by atoms with Crippen LogP contribution in [0, 0.1) is 0 Å². The number of rotatable bonds is 6. The van der Waals surface area contributed by atoms with Crippen molar-refractivity contribution in [2.75, 3.05) is 0 Å². The van der Waals surface area contributed by atoms with Crippen molar-refractivity contribution in [3.63, 3.8) is 0 Å². The zero-order valence-corrected chi connectivity index (χ0v) is 22.9. The summed E-state index contributed by atoms with van der Waals surface area (Å²) < 4.78 is 12.2. The lowest BCUT2D eigenvalue weighted by atomic mass is 10.0. The molecular formula is C26H42FN4OP. The maximum atomic E-state index is 12.2. The Balaban J connectivity index is 0.000000578. The summed E-state index contributed by atoms with van der Waals surface area (Å²) in [7, 11) is 2.65. The van der Waals surface area contributed by atoms with Crippen LogP contribution in [0.4, 0.5) is 4.39 Å². The van der Waals surface area contributed by atoms with Crippen LogP contribution in [0.2, 0.25) is 0 Å². The third-order valence-electron chi connectivity index (χ3n) is 4.50. The third-order valence-corrected chi connectivity index (χ3v) is 4.69. The molecule has 0 aromatic heterocycles. The van der Waals surface area contributed by atoms with Crippen molar-refractivity contribution < 1.29 is 9.23 Å². The van der Waals surface area contributed by atoms with Crippen LogP contribution >= 0.6 is 9.24 Å². The van der Waals surface area contributed by atoms with E-state index in [9.17, 15) is 4.39 Å². The van der Waals surface area contributed by atoms with Crippen LogP contribution in [0.3, 0.4) is 0 Å². The molecule has 0 spiro atoms. The van der Waals surface area contributed by atoms with Crippen LogP contribution in [0.1, 0.15) is 62.3 Å². The standard InChI is InChI=1S/C13H18N2O.C11H18FN2P.C2H6/c1-9(2)7-14-8-10(3)13-6-11(4)16-15-12(13)5;1-8(2)14-7-13-10(4-5-12)11(14)6-9(3)15;1-2/h6-8,11H,1H2,2-5H3;4-8,10-11H,15H2,1-3H3;1-2H3/b10-8+,14-7?;5-4+,9-6+;. The second kappa shape index (κ2) is 16.3. The van der Waals surface area contributed by atoms with E-state index in [1.54, 1.807) is 6.21 Å². The summed E-state index contributed by atoms with van der Waals surface area (Å²) >= 11 is 0. The molecule has 4 atom stereocenters. The molecule has 2 heterocycles. The SMILES string of the molecule is C/C(P)=C\C1C(/C=C/F)N=CN1C(C)C.C=C(C)C=N/C=C(\C)C1=CC(C)ON=C1C.CC. The molecule has 2 aliphatic heterocycles. The average Bonchev–Trinajstić information content (AvgIpc) is 3.13. The first-order valence-electron chi connectivity index (χ1n) is 11.4. The number of hydrogen-bond donors (Lipinski definition) is 0. The van der Waals surface area contributed by atoms with E-state index in [-0.39, 0.29) is 18.2 Å². The van der Waals surface area contributed by atoms with Crippen LogP contribution in [0.5, 0.6) is 0 Å². The first kappa shape index (κ1) is 30.7. The van der Waals surface area contributed by atoms with Gasteiger partial charge in [-0.2, -0.15) is 0 Å². The van der Waals surface area contributed by atoms with Gasteiger partial charge in [0.25, 0.3) is 0 Å². The van der Waals surface area contributed by atoms with Gasteiger partial charge in [-0.25, -0.2) is 4.39 Å². The number of allylic oxidation sites excluding steroid dienone is 4. The van der Waals surface area contributed by atoms with E-state index in [2.05, 4.69) is 55.8 Å². The molecule has 4 unspecified atom stereocenters. The van der Waals surface area contributed by atoms with Gasteiger partial charge in [-0.15, -0.1) is 9.24 Å². The Labute approximate surface area is 202 Å². The van der Waals surface area contributed by atoms with Crippen LogP contribution in [-0.2, 0) is 4.84 Å². The maximum Gasteiger partial charge on any atom is 0.143 e. The molecule has 0 aromatic carbocycles. The van der Waals surface area contributed by atoms with Crippen molar-refractivity contribution in [2.24, 2.45) is 15.1 Å². The Bertz CT molecular complexity index is 833. The molecule has 0 saturated heterocycles. The van der Waals surface area contributed by atoms with Crippen molar-refractivity contribution in [1.82, 2.24) is 4.90 Å². The number of nitrogens with zero attached hydrogens (tertiary/aromatic N) is 4. The molecule has 2 aliphatic rings. The first-order valence-corrected chi connectivity index (χ1v) is 11.9. The molecule has 5 nitrogen and oxygen atoms in total. The van der Waals surface area contributed by atoms with Gasteiger partial charge in [0.05, 0.1) is 30.5 Å². The normalized spacial score (nSPS) is 23.0. The minimum absolute atomic E-state index is 0.0205. The number of halogens is 1. The molecule has 0 bridgehead atoms. The molecule has 2 rings (SSSR count). The minimum atomic E-state index is -0.104. The Morgan fingerprint density at radius 3 is 2.45 bits per heavy atom. The summed E-state index contributed by atoms with van der Waals surface area (Å²) in [6, 6.07) is 0.403. The van der Waals surface area contributed by atoms with Crippen LogP contribution in [-0.4, -0.2) is 47.4 Å². The molecule has 0 aliphatic carbocycles. The number of hydrogen-bond acceptors (Lipinski definition) is 5. The monoisotopic (exact) mass is 476 g/mol. The van der Waals surface area contributed by atoms with Gasteiger partial charge in [-0.05, 0) is 71.8 Å². The van der Waals surface area contributed by atoms with Crippen molar-refractivity contribution in [1.29, 1.82) is 0 Å². The summed E-state index contributed by atoms with van der Waals surface area (Å²) in [6.07, 6.45) is 11.6. The zero-order chi connectivity index (χ0) is 25.6. The van der Waals surface area contributed by atoms with Gasteiger partial charge >= 0.3 is 0 Å². The van der Waals surface area contributed by atoms with Gasteiger partial charge in [-0.3, -0.25) is 9.98 Å². The van der Waals surface area contributed by atoms with E-state index in [1.165, 1.54) is 6.08 Å². The van der Waals surface area contributed by atoms with Crippen molar-refractivity contribution in [3.05, 3.63) is 59.4 Å². The molecule has 0 saturated carbocycles. The Hall–Kier alpha value is -2.33. The van der Waals surface area contributed by atoms with E-state index in [0.717, 1.165) is 27.7 Å². The second-order valence-electron chi connectivity index (χ2n) is 8.02. The number of oxime groups is 1. The molecule has 0 aromatic rings. The average molecular weight is 477 g/mol. The fourth-order valence-electron chi connectivity index (χ4n) is 3.02. The second-order valence-corrected chi connectivity index (χ2v) is 8.93. The van der Waals surface area contributed by atoms with Gasteiger partial charge in [-0.1, -0.05) is 37.0 Å². The van der Waals surface area contributed by atoms with E-state index >= 15 is 0 Å². The van der Waals surface area contributed by atoms with E-state index in [1.807, 2.05) is 67.1 Å². The van der Waals surface area contributed by atoms with Crippen molar-refractivity contribution >= 4 is 27.5 Å². The Kier molecular flexibility index (Phi) is 15.2. The molecule has 0 fully saturated rings. The van der Waals surface area contributed by atoms with Crippen molar-refractivity contribution in [3.8, 4) is 0 Å². The van der Waals surface area contributed by atoms with Gasteiger partial charge in [0.1, 0.15) is 6.10 Å². The molecule has 0 amide bonds. The van der Waals surface area contributed by atoms with Gasteiger partial charge in [0, 0.05) is 24.0 Å². The van der Waals surface area contributed by atoms with Gasteiger partial charge in [0.15, 0.2) is 0 Å². The molecule has 33 heavy (non-hydrogen) atoms. The molecule has 0 radical (unpaired) electrons. The first-order chi connectivity index (χ1) is 15.6. The van der Waals surface area contributed by atoms with E-state index < -0.39 is 0 Å². The quantitative estimate of drug-likeness (QED) is 0.305. The summed E-state index contributed by atoms with van der Waals surface area (Å²) in [4.78, 5) is 15.7. The van der Waals surface area contributed by atoms with Crippen LogP contribution in [0.25, 0.3) is 0 Å². The summed E-state index contributed by atoms with van der Waals surface area (Å²) in [5.74, 6) is 0. The highest BCUT2D eigenvalue weighted by molar-refractivity contribution is 7.22. The lowest BCUT2D eigenvalue weighted by molar-refractivity contribution is 0.102. The lowest BCUT2D eigenvalue weighted by Crippen LogP contribution is -2.38. The summed E-state index contributed by atoms with van der Waals surface area (Å²) in [5.41, 5.74) is 3.99. The highest BCUT2D eigenvalue weighted by Crippen LogP contribution is 2.22. The summed E-state index contributed by atoms with van der Waals surface area (Å²) in [6.45, 7) is 21.8.